The predicted molar refractivity (Wildman–Crippen MR) is 94.8 cm³/mol. The normalized spacial score (nSPS) is 14.6. The van der Waals surface area contributed by atoms with Crippen LogP contribution in [0.15, 0.2) is 23.8 Å². The Hall–Kier alpha value is -2.11. The Morgan fingerprint density at radius 1 is 1.12 bits per heavy atom. The number of alkyl halides is 2. The Labute approximate surface area is 148 Å². The number of hydrogen-bond donors (Lipinski definition) is 1. The van der Waals surface area contributed by atoms with Gasteiger partial charge in [-0.15, -0.1) is 8.78 Å². The van der Waals surface area contributed by atoms with Gasteiger partial charge in [-0.25, -0.2) is 0 Å². The zero-order valence-corrected chi connectivity index (χ0v) is 15.3. The molecule has 1 aromatic carbocycles. The van der Waals surface area contributed by atoms with E-state index >= 15 is 0 Å². The lowest BCUT2D eigenvalue weighted by molar-refractivity contribution is -0.286. The lowest BCUT2D eigenvalue weighted by Gasteiger charge is -2.04. The highest BCUT2D eigenvalue weighted by molar-refractivity contribution is 5.97. The first-order chi connectivity index (χ1) is 11.8. The molecule has 1 aliphatic heterocycles. The molecular weight excluding hydrogens is 328 g/mol. The number of halogens is 2. The zero-order valence-electron chi connectivity index (χ0n) is 15.3. The number of carbonyl (C=O) groups excluding carboxylic acids is 1. The smallest absolute Gasteiger partial charge is 0.395 e. The van der Waals surface area contributed by atoms with Crippen molar-refractivity contribution in [2.75, 3.05) is 7.05 Å². The van der Waals surface area contributed by atoms with Gasteiger partial charge in [0, 0.05) is 12.6 Å². The van der Waals surface area contributed by atoms with Gasteiger partial charge < -0.3 is 14.8 Å². The summed E-state index contributed by atoms with van der Waals surface area (Å²) in [6.07, 6.45) is 4.95. The first-order valence-corrected chi connectivity index (χ1v) is 8.63. The molecule has 0 bridgehead atoms. The second-order valence-corrected chi connectivity index (χ2v) is 5.84. The molecule has 1 N–H and O–H groups in total. The van der Waals surface area contributed by atoms with Crippen molar-refractivity contribution in [2.24, 2.45) is 0 Å². The van der Waals surface area contributed by atoms with Crippen LogP contribution in [0.3, 0.4) is 0 Å². The summed E-state index contributed by atoms with van der Waals surface area (Å²) in [5.41, 5.74) is 1.04. The minimum atomic E-state index is -3.62. The van der Waals surface area contributed by atoms with Gasteiger partial charge in [-0.2, -0.15) is 0 Å². The standard InChI is InChI=1S/C12H11F2NO3.C7H16/c1-7(11(16)15-2)5-8-3-4-9-10(6-8)18-12(13,14)17-9;1-3-5-7-6-4-2/h3-6H,1-2H3,(H,15,16);3-7H2,1-2H3/b7-5+;. The first kappa shape index (κ1) is 20.9. The monoisotopic (exact) mass is 355 g/mol. The SMILES string of the molecule is CCCCCCC.CNC(=O)/C(C)=C/c1ccc2c(c1)OC(F)(F)O2. The van der Waals surface area contributed by atoms with Crippen molar-refractivity contribution in [1.82, 2.24) is 5.32 Å². The predicted octanol–water partition coefficient (Wildman–Crippen LogP) is 5.13. The highest BCUT2D eigenvalue weighted by Crippen LogP contribution is 2.41. The van der Waals surface area contributed by atoms with Crippen molar-refractivity contribution in [3.8, 4) is 11.5 Å². The second kappa shape index (κ2) is 10.0. The minimum absolute atomic E-state index is 0.0188. The summed E-state index contributed by atoms with van der Waals surface area (Å²) in [5.74, 6) is -0.300. The van der Waals surface area contributed by atoms with Crippen LogP contribution in [-0.4, -0.2) is 19.2 Å². The zero-order chi connectivity index (χ0) is 18.9. The quantitative estimate of drug-likeness (QED) is 0.568. The van der Waals surface area contributed by atoms with E-state index in [9.17, 15) is 13.6 Å². The second-order valence-electron chi connectivity index (χ2n) is 5.84. The molecule has 0 fully saturated rings. The molecule has 0 spiro atoms. The Kier molecular flexibility index (Phi) is 8.38. The molecule has 25 heavy (non-hydrogen) atoms. The van der Waals surface area contributed by atoms with Crippen molar-refractivity contribution < 1.29 is 23.0 Å². The van der Waals surface area contributed by atoms with E-state index in [2.05, 4.69) is 28.6 Å². The topological polar surface area (TPSA) is 47.6 Å². The van der Waals surface area contributed by atoms with E-state index in [0.29, 0.717) is 11.1 Å². The molecule has 140 valence electrons. The Morgan fingerprint density at radius 3 is 2.28 bits per heavy atom. The molecule has 0 radical (unpaired) electrons. The summed E-state index contributed by atoms with van der Waals surface area (Å²) in [4.78, 5) is 11.3. The van der Waals surface area contributed by atoms with Crippen LogP contribution in [-0.2, 0) is 4.79 Å². The van der Waals surface area contributed by atoms with Crippen molar-refractivity contribution >= 4 is 12.0 Å². The number of likely N-dealkylation sites (N-methyl/N-ethyl adjacent to an activating group) is 1. The highest BCUT2D eigenvalue weighted by atomic mass is 19.3. The molecule has 0 unspecified atom stereocenters. The number of nitrogens with one attached hydrogen (secondary N) is 1. The number of benzene rings is 1. The van der Waals surface area contributed by atoms with Crippen LogP contribution in [0.4, 0.5) is 8.78 Å². The number of ether oxygens (including phenoxy) is 2. The van der Waals surface area contributed by atoms with Crippen molar-refractivity contribution in [3.05, 3.63) is 29.3 Å². The van der Waals surface area contributed by atoms with E-state index in [-0.39, 0.29) is 17.4 Å². The Morgan fingerprint density at radius 2 is 1.72 bits per heavy atom. The van der Waals surface area contributed by atoms with Crippen LogP contribution in [0, 0.1) is 0 Å². The summed E-state index contributed by atoms with van der Waals surface area (Å²) in [6.45, 7) is 6.11. The van der Waals surface area contributed by atoms with Gasteiger partial charge in [-0.1, -0.05) is 52.0 Å². The molecule has 0 saturated heterocycles. The molecule has 1 aromatic rings. The van der Waals surface area contributed by atoms with E-state index in [1.54, 1.807) is 19.1 Å². The lowest BCUT2D eigenvalue weighted by atomic mass is 10.1. The van der Waals surface area contributed by atoms with Gasteiger partial charge in [-0.3, -0.25) is 4.79 Å². The number of fused-ring (bicyclic) bond motifs is 1. The molecule has 1 aliphatic rings. The largest absolute Gasteiger partial charge is 0.586 e. The highest BCUT2D eigenvalue weighted by Gasteiger charge is 2.43. The molecule has 0 aliphatic carbocycles. The van der Waals surface area contributed by atoms with E-state index in [0.717, 1.165) is 0 Å². The van der Waals surface area contributed by atoms with Crippen molar-refractivity contribution in [1.29, 1.82) is 0 Å². The fourth-order valence-corrected chi connectivity index (χ4v) is 2.24. The average molecular weight is 355 g/mol. The maximum absolute atomic E-state index is 12.8. The maximum Gasteiger partial charge on any atom is 0.586 e. The van der Waals surface area contributed by atoms with Gasteiger partial charge in [0.2, 0.25) is 5.91 Å². The fourth-order valence-electron chi connectivity index (χ4n) is 2.24. The maximum atomic E-state index is 12.8. The van der Waals surface area contributed by atoms with Gasteiger partial charge in [0.15, 0.2) is 11.5 Å². The fraction of sp³-hybridized carbons (Fsp3) is 0.526. The van der Waals surface area contributed by atoms with Crippen LogP contribution in [0.5, 0.6) is 11.5 Å². The summed E-state index contributed by atoms with van der Waals surface area (Å²) in [7, 11) is 1.51. The lowest BCUT2D eigenvalue weighted by Crippen LogP contribution is -2.25. The Bertz CT molecular complexity index is 596. The summed E-state index contributed by atoms with van der Waals surface area (Å²) in [5, 5.41) is 2.47. The van der Waals surface area contributed by atoms with Gasteiger partial charge in [0.1, 0.15) is 0 Å². The number of unbranched alkanes of at least 4 members (excludes halogenated alkanes) is 4. The van der Waals surface area contributed by atoms with Crippen LogP contribution in [0.1, 0.15) is 58.4 Å². The van der Waals surface area contributed by atoms with E-state index in [1.807, 2.05) is 0 Å². The number of amides is 1. The average Bonchev–Trinajstić information content (AvgIpc) is 2.88. The first-order valence-electron chi connectivity index (χ1n) is 8.63. The van der Waals surface area contributed by atoms with E-state index < -0.39 is 6.29 Å². The number of carbonyl (C=O) groups is 1. The van der Waals surface area contributed by atoms with Crippen LogP contribution >= 0.6 is 0 Å². The molecule has 6 heteroatoms. The number of hydrogen-bond acceptors (Lipinski definition) is 3. The Balaban J connectivity index is 0.000000381. The molecular formula is C19H27F2NO3. The van der Waals surface area contributed by atoms with Gasteiger partial charge in [0.25, 0.3) is 0 Å². The van der Waals surface area contributed by atoms with E-state index in [1.165, 1.54) is 51.3 Å². The van der Waals surface area contributed by atoms with Crippen LogP contribution < -0.4 is 14.8 Å². The minimum Gasteiger partial charge on any atom is -0.395 e. The molecule has 0 atom stereocenters. The molecule has 4 nitrogen and oxygen atoms in total. The third-order valence-electron chi connectivity index (χ3n) is 3.60. The van der Waals surface area contributed by atoms with Gasteiger partial charge in [0.05, 0.1) is 0 Å². The van der Waals surface area contributed by atoms with Crippen LogP contribution in [0.25, 0.3) is 6.08 Å². The van der Waals surface area contributed by atoms with Gasteiger partial charge in [-0.05, 0) is 30.7 Å². The van der Waals surface area contributed by atoms with Crippen LogP contribution in [0.2, 0.25) is 0 Å². The number of rotatable bonds is 6. The summed E-state index contributed by atoms with van der Waals surface area (Å²) < 4.78 is 34.2. The summed E-state index contributed by atoms with van der Waals surface area (Å²) in [6, 6.07) is 4.33. The third-order valence-corrected chi connectivity index (χ3v) is 3.60. The molecule has 0 saturated carbocycles. The summed E-state index contributed by atoms with van der Waals surface area (Å²) >= 11 is 0. The van der Waals surface area contributed by atoms with Gasteiger partial charge >= 0.3 is 6.29 Å². The van der Waals surface area contributed by atoms with Crippen molar-refractivity contribution in [3.63, 3.8) is 0 Å². The third kappa shape index (κ3) is 7.11. The molecule has 0 aromatic heterocycles. The molecule has 1 amide bonds. The van der Waals surface area contributed by atoms with E-state index in [4.69, 9.17) is 0 Å². The van der Waals surface area contributed by atoms with Crippen molar-refractivity contribution in [2.45, 2.75) is 59.2 Å². The molecule has 2 rings (SSSR count). The molecule has 1 heterocycles.